The first-order valence-corrected chi connectivity index (χ1v) is 7.09. The maximum Gasteiger partial charge on any atom is 0.225 e. The minimum atomic E-state index is 0.469. The molecule has 0 aliphatic heterocycles. The molecule has 2 aromatic heterocycles. The zero-order valence-corrected chi connectivity index (χ0v) is 11.8. The van der Waals surface area contributed by atoms with E-state index in [2.05, 4.69) is 17.1 Å². The molecule has 0 spiro atoms. The summed E-state index contributed by atoms with van der Waals surface area (Å²) in [7, 11) is 0. The lowest BCUT2D eigenvalue weighted by atomic mass is 10.3. The summed E-state index contributed by atoms with van der Waals surface area (Å²) in [6.07, 6.45) is 2.86. The van der Waals surface area contributed by atoms with Gasteiger partial charge in [0.2, 0.25) is 5.28 Å². The average molecular weight is 290 g/mol. The van der Waals surface area contributed by atoms with Crippen LogP contribution in [-0.4, -0.2) is 14.8 Å². The molecule has 0 radical (unpaired) electrons. The summed E-state index contributed by atoms with van der Waals surface area (Å²) in [5, 5.41) is 8.46. The Bertz CT molecular complexity index is 493. The summed E-state index contributed by atoms with van der Waals surface area (Å²) in [6, 6.07) is 3.97. The van der Waals surface area contributed by atoms with E-state index in [1.54, 1.807) is 11.3 Å². The van der Waals surface area contributed by atoms with Gasteiger partial charge in [-0.15, -0.1) is 21.5 Å². The summed E-state index contributed by atoms with van der Waals surface area (Å²) in [5.74, 6) is 0.958. The quantitative estimate of drug-likeness (QED) is 0.837. The summed E-state index contributed by atoms with van der Waals surface area (Å²) >= 11 is 13.5. The van der Waals surface area contributed by atoms with Crippen LogP contribution < -0.4 is 0 Å². The molecule has 0 atom stereocenters. The fourth-order valence-corrected chi connectivity index (χ4v) is 2.95. The number of rotatable bonds is 5. The molecule has 0 saturated carbocycles. The monoisotopic (exact) mass is 289 g/mol. The van der Waals surface area contributed by atoms with Gasteiger partial charge in [-0.1, -0.05) is 18.5 Å². The zero-order valence-electron chi connectivity index (χ0n) is 9.49. The lowest BCUT2D eigenvalue weighted by Gasteiger charge is -2.05. The van der Waals surface area contributed by atoms with Crippen molar-refractivity contribution in [2.45, 2.75) is 32.7 Å². The predicted octanol–water partition coefficient (Wildman–Crippen LogP) is 3.84. The highest BCUT2D eigenvalue weighted by Crippen LogP contribution is 2.22. The number of hydrogen-bond acceptors (Lipinski definition) is 3. The predicted molar refractivity (Wildman–Crippen MR) is 72.1 cm³/mol. The molecule has 2 heterocycles. The third kappa shape index (κ3) is 3.21. The van der Waals surface area contributed by atoms with Gasteiger partial charge in [-0.3, -0.25) is 0 Å². The van der Waals surface area contributed by atoms with Crippen LogP contribution in [0.4, 0.5) is 0 Å². The van der Waals surface area contributed by atoms with Crippen LogP contribution in [0.1, 0.15) is 24.0 Å². The molecule has 0 aromatic carbocycles. The molecule has 0 N–H and O–H groups in total. The van der Waals surface area contributed by atoms with Gasteiger partial charge in [0.25, 0.3) is 0 Å². The number of aromatic nitrogens is 3. The molecule has 0 fully saturated rings. The van der Waals surface area contributed by atoms with Crippen molar-refractivity contribution in [1.29, 1.82) is 0 Å². The van der Waals surface area contributed by atoms with Crippen LogP contribution >= 0.6 is 34.5 Å². The highest BCUT2D eigenvalue weighted by molar-refractivity contribution is 7.16. The Balaban J connectivity index is 2.05. The maximum absolute atomic E-state index is 6.02. The Labute approximate surface area is 114 Å². The van der Waals surface area contributed by atoms with Gasteiger partial charge in [0.05, 0.1) is 4.34 Å². The van der Waals surface area contributed by atoms with Gasteiger partial charge in [0.15, 0.2) is 0 Å². The van der Waals surface area contributed by atoms with E-state index in [0.717, 1.165) is 36.0 Å². The number of halogens is 2. The molecule has 3 nitrogen and oxygen atoms in total. The second kappa shape index (κ2) is 5.85. The number of hydrogen-bond donors (Lipinski definition) is 0. The molecular weight excluding hydrogens is 277 g/mol. The Morgan fingerprint density at radius 1 is 1.24 bits per heavy atom. The molecule has 0 aliphatic rings. The first kappa shape index (κ1) is 12.9. The van der Waals surface area contributed by atoms with Gasteiger partial charge in [0.1, 0.15) is 5.82 Å². The lowest BCUT2D eigenvalue weighted by Crippen LogP contribution is -2.06. The van der Waals surface area contributed by atoms with Crippen molar-refractivity contribution in [1.82, 2.24) is 14.8 Å². The number of thiophene rings is 1. The van der Waals surface area contributed by atoms with Crippen molar-refractivity contribution in [2.75, 3.05) is 0 Å². The highest BCUT2D eigenvalue weighted by Gasteiger charge is 2.09. The fourth-order valence-electron chi connectivity index (χ4n) is 1.65. The van der Waals surface area contributed by atoms with Gasteiger partial charge in [-0.05, 0) is 36.6 Å². The number of nitrogens with zero attached hydrogens (tertiary/aromatic N) is 3. The van der Waals surface area contributed by atoms with Gasteiger partial charge in [-0.2, -0.15) is 0 Å². The van der Waals surface area contributed by atoms with Gasteiger partial charge < -0.3 is 4.57 Å². The first-order chi connectivity index (χ1) is 8.20. The number of aryl methyl sites for hydroxylation is 2. The van der Waals surface area contributed by atoms with Crippen LogP contribution in [0.2, 0.25) is 9.62 Å². The maximum atomic E-state index is 6.02. The second-order valence-corrected chi connectivity index (χ2v) is 5.88. The van der Waals surface area contributed by atoms with Crippen LogP contribution in [0, 0.1) is 0 Å². The molecule has 6 heteroatoms. The fraction of sp³-hybridized carbons (Fsp3) is 0.455. The van der Waals surface area contributed by atoms with Crippen molar-refractivity contribution in [3.05, 3.63) is 32.5 Å². The van der Waals surface area contributed by atoms with Crippen molar-refractivity contribution in [2.24, 2.45) is 0 Å². The third-order valence-electron chi connectivity index (χ3n) is 2.47. The van der Waals surface area contributed by atoms with Crippen molar-refractivity contribution >= 4 is 34.5 Å². The first-order valence-electron chi connectivity index (χ1n) is 5.52. The molecule has 0 aliphatic carbocycles. The normalized spacial score (nSPS) is 11.0. The minimum Gasteiger partial charge on any atom is -0.301 e. The largest absolute Gasteiger partial charge is 0.301 e. The van der Waals surface area contributed by atoms with Crippen LogP contribution in [0.5, 0.6) is 0 Å². The van der Waals surface area contributed by atoms with E-state index in [0.29, 0.717) is 5.28 Å². The van der Waals surface area contributed by atoms with Crippen LogP contribution in [0.15, 0.2) is 12.1 Å². The van der Waals surface area contributed by atoms with Crippen molar-refractivity contribution < 1.29 is 0 Å². The molecular formula is C11H13Cl2N3S. The van der Waals surface area contributed by atoms with E-state index in [4.69, 9.17) is 23.2 Å². The Morgan fingerprint density at radius 3 is 2.71 bits per heavy atom. The highest BCUT2D eigenvalue weighted by atomic mass is 35.5. The van der Waals surface area contributed by atoms with Crippen LogP contribution in [0.25, 0.3) is 0 Å². The van der Waals surface area contributed by atoms with Crippen LogP contribution in [0.3, 0.4) is 0 Å². The van der Waals surface area contributed by atoms with Gasteiger partial charge in [-0.25, -0.2) is 0 Å². The molecule has 0 bridgehead atoms. The smallest absolute Gasteiger partial charge is 0.225 e. The van der Waals surface area contributed by atoms with Gasteiger partial charge >= 0.3 is 0 Å². The lowest BCUT2D eigenvalue weighted by molar-refractivity contribution is 0.647. The molecule has 0 saturated heterocycles. The van der Waals surface area contributed by atoms with Crippen molar-refractivity contribution in [3.8, 4) is 0 Å². The molecule has 17 heavy (non-hydrogen) atoms. The Hall–Kier alpha value is -0.580. The summed E-state index contributed by atoms with van der Waals surface area (Å²) in [4.78, 5) is 1.25. The van der Waals surface area contributed by atoms with E-state index < -0.39 is 0 Å². The van der Waals surface area contributed by atoms with E-state index in [1.807, 2.05) is 16.7 Å². The summed E-state index contributed by atoms with van der Waals surface area (Å²) in [5.41, 5.74) is 0. The van der Waals surface area contributed by atoms with Crippen LogP contribution in [-0.2, 0) is 19.4 Å². The second-order valence-electron chi connectivity index (χ2n) is 3.74. The van der Waals surface area contributed by atoms with E-state index in [9.17, 15) is 0 Å². The third-order valence-corrected chi connectivity index (χ3v) is 4.04. The van der Waals surface area contributed by atoms with Crippen molar-refractivity contribution in [3.63, 3.8) is 0 Å². The standard InChI is InChI=1S/C11H13Cl2N3S/c1-2-3-10-14-15-11(13)16(10)7-6-8-4-5-9(12)17-8/h4-5H,2-3,6-7H2,1H3. The average Bonchev–Trinajstić information content (AvgIpc) is 2.85. The SMILES string of the molecule is CCCc1nnc(Cl)n1CCc1ccc(Cl)s1. The molecule has 0 unspecified atom stereocenters. The van der Waals surface area contributed by atoms with E-state index >= 15 is 0 Å². The summed E-state index contributed by atoms with van der Waals surface area (Å²) in [6.45, 7) is 2.92. The zero-order chi connectivity index (χ0) is 12.3. The Kier molecular flexibility index (Phi) is 4.42. The van der Waals surface area contributed by atoms with Gasteiger partial charge in [0, 0.05) is 17.8 Å². The van der Waals surface area contributed by atoms with E-state index in [-0.39, 0.29) is 0 Å². The molecule has 92 valence electrons. The van der Waals surface area contributed by atoms with E-state index in [1.165, 1.54) is 4.88 Å². The molecule has 2 aromatic rings. The molecule has 2 rings (SSSR count). The Morgan fingerprint density at radius 2 is 2.06 bits per heavy atom. The topological polar surface area (TPSA) is 30.7 Å². The minimum absolute atomic E-state index is 0.469. The molecule has 0 amide bonds. The summed E-state index contributed by atoms with van der Waals surface area (Å²) < 4.78 is 2.79.